The van der Waals surface area contributed by atoms with E-state index in [0.29, 0.717) is 11.5 Å². The van der Waals surface area contributed by atoms with Gasteiger partial charge >= 0.3 is 0 Å². The topological polar surface area (TPSA) is 9.23 Å². The summed E-state index contributed by atoms with van der Waals surface area (Å²) in [5.74, 6) is 1.67. The summed E-state index contributed by atoms with van der Waals surface area (Å²) in [5.41, 5.74) is 2.74. The number of fused-ring (bicyclic) bond motifs is 1. The Labute approximate surface area is 160 Å². The van der Waals surface area contributed by atoms with Crippen LogP contribution in [0.5, 0.6) is 5.75 Å². The van der Waals surface area contributed by atoms with Crippen LogP contribution >= 0.6 is 0 Å². The predicted molar refractivity (Wildman–Crippen MR) is 105 cm³/mol. The first-order chi connectivity index (χ1) is 13.0. The van der Waals surface area contributed by atoms with E-state index in [1.165, 1.54) is 63.3 Å². The maximum Gasteiger partial charge on any atom is 0.190 e. The zero-order chi connectivity index (χ0) is 19.0. The molecule has 0 aromatic heterocycles. The van der Waals surface area contributed by atoms with Gasteiger partial charge < -0.3 is 4.74 Å². The lowest BCUT2D eigenvalue weighted by atomic mass is 9.64. The summed E-state index contributed by atoms with van der Waals surface area (Å²) < 4.78 is 32.7. The summed E-state index contributed by atoms with van der Waals surface area (Å²) >= 11 is 0. The van der Waals surface area contributed by atoms with Crippen molar-refractivity contribution in [1.82, 2.24) is 0 Å². The number of halogens is 2. The van der Waals surface area contributed by atoms with Gasteiger partial charge in [0.05, 0.1) is 7.11 Å². The van der Waals surface area contributed by atoms with Crippen LogP contribution in [0.4, 0.5) is 8.78 Å². The molecule has 4 rings (SSSR count). The normalized spacial score (nSPS) is 27.9. The third kappa shape index (κ3) is 3.74. The van der Waals surface area contributed by atoms with Gasteiger partial charge in [-0.3, -0.25) is 0 Å². The van der Waals surface area contributed by atoms with Crippen molar-refractivity contribution in [2.75, 3.05) is 7.11 Å². The largest absolute Gasteiger partial charge is 0.491 e. The summed E-state index contributed by atoms with van der Waals surface area (Å²) in [4.78, 5) is 0. The van der Waals surface area contributed by atoms with Crippen molar-refractivity contribution in [3.63, 3.8) is 0 Å². The van der Waals surface area contributed by atoms with Gasteiger partial charge in [-0.15, -0.1) is 0 Å². The minimum absolute atomic E-state index is 0.325. The van der Waals surface area contributed by atoms with Gasteiger partial charge in [0.2, 0.25) is 0 Å². The Morgan fingerprint density at radius 1 is 0.815 bits per heavy atom. The molecule has 1 nitrogen and oxygen atoms in total. The van der Waals surface area contributed by atoms with Crippen molar-refractivity contribution in [2.24, 2.45) is 17.8 Å². The standard InChI is InChI=1S/C24H28F2O/c1-15-3-4-20-12-19(10-9-18(20)11-15)16-5-7-17(8-6-16)21-13-22(25)24(27-2)23(26)14-21/h5-8,13-15,18-20H,3-4,9-12H2,1-2H3. The molecule has 0 bridgehead atoms. The van der Waals surface area contributed by atoms with Gasteiger partial charge in [-0.1, -0.05) is 37.6 Å². The third-order valence-electron chi connectivity index (χ3n) is 6.79. The minimum atomic E-state index is -0.665. The van der Waals surface area contributed by atoms with Gasteiger partial charge in [0.1, 0.15) is 0 Å². The van der Waals surface area contributed by atoms with Crippen molar-refractivity contribution in [1.29, 1.82) is 0 Å². The molecule has 2 aliphatic carbocycles. The van der Waals surface area contributed by atoms with Crippen LogP contribution in [0, 0.1) is 29.4 Å². The van der Waals surface area contributed by atoms with E-state index in [4.69, 9.17) is 4.74 Å². The molecule has 2 saturated carbocycles. The highest BCUT2D eigenvalue weighted by Gasteiger charge is 2.34. The summed E-state index contributed by atoms with van der Waals surface area (Å²) in [7, 11) is 1.28. The molecule has 0 N–H and O–H groups in total. The Kier molecular flexibility index (Phi) is 5.21. The molecule has 3 heteroatoms. The van der Waals surface area contributed by atoms with E-state index < -0.39 is 11.6 Å². The molecule has 2 aromatic carbocycles. The second kappa shape index (κ2) is 7.61. The van der Waals surface area contributed by atoms with Gasteiger partial charge in [0.15, 0.2) is 17.4 Å². The molecule has 0 saturated heterocycles. The van der Waals surface area contributed by atoms with E-state index in [1.807, 2.05) is 12.1 Å². The maximum absolute atomic E-state index is 14.0. The average molecular weight is 370 g/mol. The molecular formula is C24H28F2O. The van der Waals surface area contributed by atoms with E-state index in [2.05, 4.69) is 19.1 Å². The molecule has 0 radical (unpaired) electrons. The first-order valence-electron chi connectivity index (χ1n) is 10.2. The summed E-state index contributed by atoms with van der Waals surface area (Å²) in [5, 5.41) is 0. The highest BCUT2D eigenvalue weighted by atomic mass is 19.1. The van der Waals surface area contributed by atoms with Crippen LogP contribution in [0.3, 0.4) is 0 Å². The molecule has 2 aromatic rings. The van der Waals surface area contributed by atoms with Crippen LogP contribution in [0.15, 0.2) is 36.4 Å². The van der Waals surface area contributed by atoms with Crippen molar-refractivity contribution >= 4 is 0 Å². The van der Waals surface area contributed by atoms with Crippen LogP contribution in [0.1, 0.15) is 56.9 Å². The molecule has 4 unspecified atom stereocenters. The van der Waals surface area contributed by atoms with Crippen LogP contribution in [-0.4, -0.2) is 7.11 Å². The van der Waals surface area contributed by atoms with Crippen molar-refractivity contribution in [3.8, 4) is 16.9 Å². The zero-order valence-electron chi connectivity index (χ0n) is 16.2. The molecule has 4 atom stereocenters. The Morgan fingerprint density at radius 3 is 2.11 bits per heavy atom. The second-order valence-electron chi connectivity index (χ2n) is 8.54. The molecule has 0 amide bonds. The first kappa shape index (κ1) is 18.5. The monoisotopic (exact) mass is 370 g/mol. The summed E-state index contributed by atoms with van der Waals surface area (Å²) in [6, 6.07) is 10.9. The quantitative estimate of drug-likeness (QED) is 0.567. The maximum atomic E-state index is 14.0. The molecule has 0 heterocycles. The van der Waals surface area contributed by atoms with E-state index in [1.54, 1.807) is 0 Å². The molecule has 144 valence electrons. The Bertz CT molecular complexity index is 776. The Balaban J connectivity index is 1.50. The molecule has 27 heavy (non-hydrogen) atoms. The SMILES string of the molecule is COc1c(F)cc(-c2ccc(C3CCC4CC(C)CCC4C3)cc2)cc1F. The van der Waals surface area contributed by atoms with E-state index in [-0.39, 0.29) is 5.75 Å². The summed E-state index contributed by atoms with van der Waals surface area (Å²) in [6.45, 7) is 2.39. The lowest BCUT2D eigenvalue weighted by Gasteiger charge is -2.41. The lowest BCUT2D eigenvalue weighted by Crippen LogP contribution is -2.29. The smallest absolute Gasteiger partial charge is 0.190 e. The van der Waals surface area contributed by atoms with E-state index in [0.717, 1.165) is 23.3 Å². The second-order valence-corrected chi connectivity index (χ2v) is 8.54. The number of ether oxygens (including phenoxy) is 1. The average Bonchev–Trinajstić information content (AvgIpc) is 2.67. The van der Waals surface area contributed by atoms with Crippen LogP contribution in [-0.2, 0) is 0 Å². The van der Waals surface area contributed by atoms with Gasteiger partial charge in [0, 0.05) is 0 Å². The minimum Gasteiger partial charge on any atom is -0.491 e. The van der Waals surface area contributed by atoms with Gasteiger partial charge in [-0.25, -0.2) is 8.78 Å². The number of rotatable bonds is 3. The Hall–Kier alpha value is -1.90. The highest BCUT2D eigenvalue weighted by molar-refractivity contribution is 5.65. The van der Waals surface area contributed by atoms with E-state index >= 15 is 0 Å². The molecule has 2 aliphatic rings. The highest BCUT2D eigenvalue weighted by Crippen LogP contribution is 2.47. The zero-order valence-corrected chi connectivity index (χ0v) is 16.2. The first-order valence-corrected chi connectivity index (χ1v) is 10.2. The third-order valence-corrected chi connectivity index (χ3v) is 6.79. The molecular weight excluding hydrogens is 342 g/mol. The van der Waals surface area contributed by atoms with Crippen LogP contribution in [0.2, 0.25) is 0 Å². The fraction of sp³-hybridized carbons (Fsp3) is 0.500. The van der Waals surface area contributed by atoms with Crippen molar-refractivity contribution in [2.45, 2.75) is 51.4 Å². The van der Waals surface area contributed by atoms with Gasteiger partial charge in [0.25, 0.3) is 0 Å². The number of hydrogen-bond acceptors (Lipinski definition) is 1. The fourth-order valence-corrected chi connectivity index (χ4v) is 5.30. The fourth-order valence-electron chi connectivity index (χ4n) is 5.30. The van der Waals surface area contributed by atoms with Crippen LogP contribution < -0.4 is 4.74 Å². The van der Waals surface area contributed by atoms with Gasteiger partial charge in [-0.2, -0.15) is 0 Å². The predicted octanol–water partition coefficient (Wildman–Crippen LogP) is 6.96. The molecule has 2 fully saturated rings. The summed E-state index contributed by atoms with van der Waals surface area (Å²) in [6.07, 6.45) is 8.06. The van der Waals surface area contributed by atoms with Crippen molar-refractivity contribution < 1.29 is 13.5 Å². The number of hydrogen-bond donors (Lipinski definition) is 0. The molecule has 0 spiro atoms. The Morgan fingerprint density at radius 2 is 1.44 bits per heavy atom. The lowest BCUT2D eigenvalue weighted by molar-refractivity contribution is 0.124. The van der Waals surface area contributed by atoms with E-state index in [9.17, 15) is 8.78 Å². The van der Waals surface area contributed by atoms with Crippen molar-refractivity contribution in [3.05, 3.63) is 53.6 Å². The number of benzene rings is 2. The molecule has 0 aliphatic heterocycles. The number of methoxy groups -OCH3 is 1. The van der Waals surface area contributed by atoms with Gasteiger partial charge in [-0.05, 0) is 84.6 Å². The van der Waals surface area contributed by atoms with Crippen LogP contribution in [0.25, 0.3) is 11.1 Å².